The third kappa shape index (κ3) is 4.13. The van der Waals surface area contributed by atoms with Gasteiger partial charge in [-0.25, -0.2) is 4.39 Å². The molecule has 2 unspecified atom stereocenters. The van der Waals surface area contributed by atoms with Crippen LogP contribution < -0.4 is 0 Å². The number of hydrogen-bond donors (Lipinski definition) is 0. The van der Waals surface area contributed by atoms with Gasteiger partial charge < -0.3 is 4.74 Å². The van der Waals surface area contributed by atoms with Crippen LogP contribution in [0.15, 0.2) is 24.3 Å². The van der Waals surface area contributed by atoms with E-state index in [1.54, 1.807) is 0 Å². The second kappa shape index (κ2) is 6.80. The smallest absolute Gasteiger partial charge is 0.165 e. The Labute approximate surface area is 114 Å². The second-order valence-electron chi connectivity index (χ2n) is 5.35. The lowest BCUT2D eigenvalue weighted by molar-refractivity contribution is -0.00448. The van der Waals surface area contributed by atoms with Gasteiger partial charge in [0, 0.05) is 12.0 Å². The van der Waals surface area contributed by atoms with Crippen LogP contribution in [-0.2, 0) is 4.74 Å². The number of benzene rings is 1. The zero-order valence-corrected chi connectivity index (χ0v) is 11.4. The molecule has 0 saturated heterocycles. The number of halogens is 1. The van der Waals surface area contributed by atoms with Gasteiger partial charge in [-0.2, -0.15) is 0 Å². The topological polar surface area (TPSA) is 26.3 Å². The lowest BCUT2D eigenvalue weighted by atomic mass is 9.88. The lowest BCUT2D eigenvalue weighted by Gasteiger charge is -2.28. The first-order chi connectivity index (χ1) is 9.16. The van der Waals surface area contributed by atoms with Crippen LogP contribution in [0.1, 0.15) is 49.4 Å². The summed E-state index contributed by atoms with van der Waals surface area (Å²) in [6, 6.07) is 5.69. The van der Waals surface area contributed by atoms with Crippen LogP contribution in [0.25, 0.3) is 0 Å². The van der Waals surface area contributed by atoms with Gasteiger partial charge in [-0.15, -0.1) is 0 Å². The van der Waals surface area contributed by atoms with E-state index in [0.717, 1.165) is 6.42 Å². The van der Waals surface area contributed by atoms with Gasteiger partial charge in [0.05, 0.1) is 12.7 Å². The molecule has 0 bridgehead atoms. The Morgan fingerprint density at radius 1 is 1.26 bits per heavy atom. The van der Waals surface area contributed by atoms with Gasteiger partial charge in [0.2, 0.25) is 0 Å². The zero-order chi connectivity index (χ0) is 13.7. The Kier molecular flexibility index (Phi) is 5.08. The van der Waals surface area contributed by atoms with E-state index < -0.39 is 0 Å². The number of rotatable bonds is 5. The molecule has 0 radical (unpaired) electrons. The molecule has 2 atom stereocenters. The molecule has 1 fully saturated rings. The van der Waals surface area contributed by atoms with Crippen LogP contribution in [-0.4, -0.2) is 18.5 Å². The molecule has 1 aromatic rings. The number of ether oxygens (including phenoxy) is 1. The summed E-state index contributed by atoms with van der Waals surface area (Å²) in [7, 11) is 0. The number of carbonyl (C=O) groups excluding carboxylic acids is 1. The van der Waals surface area contributed by atoms with Crippen molar-refractivity contribution < 1.29 is 13.9 Å². The minimum Gasteiger partial charge on any atom is -0.377 e. The van der Waals surface area contributed by atoms with Gasteiger partial charge >= 0.3 is 0 Å². The highest BCUT2D eigenvalue weighted by Crippen LogP contribution is 2.26. The molecule has 0 aliphatic heterocycles. The number of ketones is 1. The van der Waals surface area contributed by atoms with Crippen molar-refractivity contribution >= 4 is 5.78 Å². The van der Waals surface area contributed by atoms with Crippen molar-refractivity contribution in [2.75, 3.05) is 6.61 Å². The summed E-state index contributed by atoms with van der Waals surface area (Å²) >= 11 is 0. The molecule has 0 amide bonds. The first-order valence-corrected chi connectivity index (χ1v) is 7.07. The maximum absolute atomic E-state index is 12.8. The van der Waals surface area contributed by atoms with Crippen molar-refractivity contribution in [3.63, 3.8) is 0 Å². The van der Waals surface area contributed by atoms with Crippen molar-refractivity contribution in [3.8, 4) is 0 Å². The number of Topliss-reactive ketones (excluding diaryl/α,β-unsaturated/α-hetero) is 1. The largest absolute Gasteiger partial charge is 0.377 e. The Balaban J connectivity index is 1.76. The van der Waals surface area contributed by atoms with Crippen LogP contribution in [0, 0.1) is 11.7 Å². The Morgan fingerprint density at radius 2 is 1.95 bits per heavy atom. The van der Waals surface area contributed by atoms with E-state index in [2.05, 4.69) is 6.92 Å². The van der Waals surface area contributed by atoms with Crippen LogP contribution in [0.4, 0.5) is 4.39 Å². The van der Waals surface area contributed by atoms with E-state index in [1.807, 2.05) is 0 Å². The minimum atomic E-state index is -0.316. The van der Waals surface area contributed by atoms with Gasteiger partial charge in [0.1, 0.15) is 5.82 Å². The predicted octanol–water partition coefficient (Wildman–Crippen LogP) is 3.99. The first kappa shape index (κ1) is 14.2. The highest BCUT2D eigenvalue weighted by Gasteiger charge is 2.21. The summed E-state index contributed by atoms with van der Waals surface area (Å²) in [6.07, 6.45) is 5.50. The van der Waals surface area contributed by atoms with Gasteiger partial charge in [-0.05, 0) is 43.0 Å². The third-order valence-electron chi connectivity index (χ3n) is 3.86. The Morgan fingerprint density at radius 3 is 2.63 bits per heavy atom. The SMILES string of the molecule is CC1CCCCC1OCCC(=O)c1ccc(F)cc1. The fourth-order valence-corrected chi connectivity index (χ4v) is 2.61. The van der Waals surface area contributed by atoms with Crippen molar-refractivity contribution in [1.82, 2.24) is 0 Å². The summed E-state index contributed by atoms with van der Waals surface area (Å²) in [4.78, 5) is 11.9. The van der Waals surface area contributed by atoms with Crippen LogP contribution in [0.5, 0.6) is 0 Å². The van der Waals surface area contributed by atoms with Gasteiger partial charge in [0.25, 0.3) is 0 Å². The molecule has 1 saturated carbocycles. The molecule has 19 heavy (non-hydrogen) atoms. The standard InChI is InChI=1S/C16H21FO2/c1-12-4-2-3-5-16(12)19-11-10-15(18)13-6-8-14(17)9-7-13/h6-9,12,16H,2-5,10-11H2,1H3. The van der Waals surface area contributed by atoms with Crippen LogP contribution in [0.3, 0.4) is 0 Å². The molecule has 2 rings (SSSR count). The monoisotopic (exact) mass is 264 g/mol. The normalized spacial score (nSPS) is 23.3. The average molecular weight is 264 g/mol. The van der Waals surface area contributed by atoms with Crippen molar-refractivity contribution in [3.05, 3.63) is 35.6 Å². The molecule has 0 N–H and O–H groups in total. The Hall–Kier alpha value is -1.22. The summed E-state index contributed by atoms with van der Waals surface area (Å²) in [5.41, 5.74) is 0.557. The fraction of sp³-hybridized carbons (Fsp3) is 0.562. The van der Waals surface area contributed by atoms with Crippen molar-refractivity contribution in [2.24, 2.45) is 5.92 Å². The van der Waals surface area contributed by atoms with Gasteiger partial charge in [-0.3, -0.25) is 4.79 Å². The molecule has 0 heterocycles. The number of hydrogen-bond acceptors (Lipinski definition) is 2. The maximum atomic E-state index is 12.8. The van der Waals surface area contributed by atoms with E-state index in [4.69, 9.17) is 4.74 Å². The summed E-state index contributed by atoms with van der Waals surface area (Å²) in [5.74, 6) is 0.293. The van der Waals surface area contributed by atoms with Gasteiger partial charge in [0.15, 0.2) is 5.78 Å². The summed E-state index contributed by atoms with van der Waals surface area (Å²) in [6.45, 7) is 2.68. The van der Waals surface area contributed by atoms with E-state index in [9.17, 15) is 9.18 Å². The minimum absolute atomic E-state index is 0.0171. The molecule has 1 aromatic carbocycles. The quantitative estimate of drug-likeness (QED) is 0.751. The zero-order valence-electron chi connectivity index (χ0n) is 11.4. The Bertz CT molecular complexity index is 413. The van der Waals surface area contributed by atoms with Crippen molar-refractivity contribution in [1.29, 1.82) is 0 Å². The van der Waals surface area contributed by atoms with E-state index in [1.165, 1.54) is 43.5 Å². The number of carbonyl (C=O) groups is 1. The van der Waals surface area contributed by atoms with Crippen molar-refractivity contribution in [2.45, 2.75) is 45.1 Å². The molecular formula is C16H21FO2. The lowest BCUT2D eigenvalue weighted by Crippen LogP contribution is -2.26. The van der Waals surface area contributed by atoms with E-state index in [-0.39, 0.29) is 11.6 Å². The van der Waals surface area contributed by atoms with Gasteiger partial charge in [-0.1, -0.05) is 19.8 Å². The predicted molar refractivity (Wildman–Crippen MR) is 72.7 cm³/mol. The average Bonchev–Trinajstić information content (AvgIpc) is 2.41. The molecule has 2 nitrogen and oxygen atoms in total. The highest BCUT2D eigenvalue weighted by atomic mass is 19.1. The molecule has 1 aliphatic rings. The fourth-order valence-electron chi connectivity index (χ4n) is 2.61. The molecule has 0 aromatic heterocycles. The molecule has 0 spiro atoms. The summed E-state index contributed by atoms with van der Waals surface area (Å²) in [5, 5.41) is 0. The molecule has 104 valence electrons. The van der Waals surface area contributed by atoms with Crippen LogP contribution >= 0.6 is 0 Å². The molecule has 1 aliphatic carbocycles. The second-order valence-corrected chi connectivity index (χ2v) is 5.35. The third-order valence-corrected chi connectivity index (χ3v) is 3.86. The highest BCUT2D eigenvalue weighted by molar-refractivity contribution is 5.96. The van der Waals surface area contributed by atoms with Crippen LogP contribution in [0.2, 0.25) is 0 Å². The molecule has 3 heteroatoms. The molecular weight excluding hydrogens is 243 g/mol. The summed E-state index contributed by atoms with van der Waals surface area (Å²) < 4.78 is 18.6. The van der Waals surface area contributed by atoms with E-state index >= 15 is 0 Å². The first-order valence-electron chi connectivity index (χ1n) is 7.07. The maximum Gasteiger partial charge on any atom is 0.165 e. The van der Waals surface area contributed by atoms with E-state index in [0.29, 0.717) is 30.6 Å².